The minimum Gasteiger partial charge on any atom is -0.493 e. The number of hydrogen-bond donors (Lipinski definition) is 2. The quantitative estimate of drug-likeness (QED) is 0.721. The fraction of sp³-hybridized carbons (Fsp3) is 0.364. The highest BCUT2D eigenvalue weighted by Gasteiger charge is 2.15. The van der Waals surface area contributed by atoms with Gasteiger partial charge in [-0.05, 0) is 55.7 Å². The number of benzene rings is 2. The largest absolute Gasteiger partial charge is 0.493 e. The summed E-state index contributed by atoms with van der Waals surface area (Å²) in [6.45, 7) is 8.74. The van der Waals surface area contributed by atoms with Crippen molar-refractivity contribution in [3.63, 3.8) is 0 Å². The molecule has 0 bridgehead atoms. The van der Waals surface area contributed by atoms with Gasteiger partial charge in [-0.15, -0.1) is 0 Å². The van der Waals surface area contributed by atoms with Crippen molar-refractivity contribution in [2.75, 3.05) is 11.9 Å². The highest BCUT2D eigenvalue weighted by molar-refractivity contribution is 6.09. The first-order valence-electron chi connectivity index (χ1n) is 9.34. The number of ether oxygens (including phenoxy) is 1. The lowest BCUT2D eigenvalue weighted by molar-refractivity contribution is 0.0940. The molecule has 0 aliphatic rings. The molecule has 0 saturated carbocycles. The molecule has 5 nitrogen and oxygen atoms in total. The molecular formula is C22H28N2O3. The highest BCUT2D eigenvalue weighted by atomic mass is 16.5. The normalized spacial score (nSPS) is 11.7. The number of amides is 2. The van der Waals surface area contributed by atoms with Crippen molar-refractivity contribution < 1.29 is 14.3 Å². The summed E-state index contributed by atoms with van der Waals surface area (Å²) >= 11 is 0. The Labute approximate surface area is 161 Å². The van der Waals surface area contributed by atoms with Gasteiger partial charge in [-0.25, -0.2) is 0 Å². The van der Waals surface area contributed by atoms with E-state index in [1.807, 2.05) is 13.8 Å². The molecule has 0 saturated heterocycles. The van der Waals surface area contributed by atoms with E-state index < -0.39 is 0 Å². The molecule has 2 aromatic rings. The molecule has 1 atom stereocenters. The molecule has 2 amide bonds. The molecule has 0 radical (unpaired) electrons. The molecule has 0 aliphatic heterocycles. The molecule has 0 aromatic heterocycles. The van der Waals surface area contributed by atoms with Gasteiger partial charge < -0.3 is 15.4 Å². The van der Waals surface area contributed by atoms with Crippen LogP contribution in [0.5, 0.6) is 5.75 Å². The molecule has 2 rings (SSSR count). The van der Waals surface area contributed by atoms with Crippen molar-refractivity contribution in [1.82, 2.24) is 5.32 Å². The van der Waals surface area contributed by atoms with Crippen molar-refractivity contribution >= 4 is 17.5 Å². The van der Waals surface area contributed by atoms with E-state index in [9.17, 15) is 9.59 Å². The van der Waals surface area contributed by atoms with Crippen molar-refractivity contribution in [1.29, 1.82) is 0 Å². The van der Waals surface area contributed by atoms with Crippen LogP contribution >= 0.6 is 0 Å². The number of nitrogens with one attached hydrogen (secondary N) is 2. The fourth-order valence-corrected chi connectivity index (χ4v) is 2.35. The van der Waals surface area contributed by atoms with Crippen LogP contribution in [0.1, 0.15) is 54.8 Å². The van der Waals surface area contributed by atoms with Gasteiger partial charge in [-0.3, -0.25) is 9.59 Å². The average molecular weight is 368 g/mol. The molecular weight excluding hydrogens is 340 g/mol. The van der Waals surface area contributed by atoms with Gasteiger partial charge in [0.05, 0.1) is 17.9 Å². The van der Waals surface area contributed by atoms with Gasteiger partial charge in [-0.2, -0.15) is 0 Å². The third-order valence-electron chi connectivity index (χ3n) is 4.11. The van der Waals surface area contributed by atoms with Gasteiger partial charge >= 0.3 is 0 Å². The van der Waals surface area contributed by atoms with Crippen molar-refractivity contribution in [3.05, 3.63) is 59.7 Å². The molecule has 5 heteroatoms. The number of rotatable bonds is 8. The van der Waals surface area contributed by atoms with Gasteiger partial charge in [-0.1, -0.05) is 32.9 Å². The monoisotopic (exact) mass is 368 g/mol. The van der Waals surface area contributed by atoms with Gasteiger partial charge in [0.25, 0.3) is 11.8 Å². The van der Waals surface area contributed by atoms with Crippen LogP contribution in [0.15, 0.2) is 48.5 Å². The second-order valence-corrected chi connectivity index (χ2v) is 7.01. The summed E-state index contributed by atoms with van der Waals surface area (Å²) in [6, 6.07) is 14.1. The number of anilines is 1. The van der Waals surface area contributed by atoms with Crippen LogP contribution in [0.2, 0.25) is 0 Å². The zero-order valence-electron chi connectivity index (χ0n) is 16.4. The zero-order chi connectivity index (χ0) is 19.8. The molecule has 2 aromatic carbocycles. The Balaban J connectivity index is 2.08. The summed E-state index contributed by atoms with van der Waals surface area (Å²) in [5.74, 6) is 0.700. The van der Waals surface area contributed by atoms with Gasteiger partial charge in [0.15, 0.2) is 0 Å². The van der Waals surface area contributed by atoms with E-state index in [0.717, 1.165) is 12.2 Å². The van der Waals surface area contributed by atoms with Crippen LogP contribution < -0.4 is 15.4 Å². The Morgan fingerprint density at radius 3 is 2.26 bits per heavy atom. The lowest BCUT2D eigenvalue weighted by atomic mass is 10.1. The smallest absolute Gasteiger partial charge is 0.255 e. The van der Waals surface area contributed by atoms with Crippen LogP contribution in [0, 0.1) is 5.92 Å². The molecule has 27 heavy (non-hydrogen) atoms. The molecule has 0 heterocycles. The van der Waals surface area contributed by atoms with Crippen LogP contribution in [0.4, 0.5) is 5.69 Å². The van der Waals surface area contributed by atoms with E-state index in [1.165, 1.54) is 0 Å². The Morgan fingerprint density at radius 2 is 1.63 bits per heavy atom. The molecule has 0 fully saturated rings. The van der Waals surface area contributed by atoms with Crippen molar-refractivity contribution in [3.8, 4) is 5.75 Å². The summed E-state index contributed by atoms with van der Waals surface area (Å²) in [4.78, 5) is 25.0. The van der Waals surface area contributed by atoms with E-state index in [-0.39, 0.29) is 17.9 Å². The summed E-state index contributed by atoms with van der Waals surface area (Å²) in [6.07, 6.45) is 0.839. The number of hydrogen-bond acceptors (Lipinski definition) is 3. The van der Waals surface area contributed by atoms with Crippen LogP contribution in [0.3, 0.4) is 0 Å². The third kappa shape index (κ3) is 6.13. The maximum absolute atomic E-state index is 12.6. The lowest BCUT2D eigenvalue weighted by Gasteiger charge is -2.15. The topological polar surface area (TPSA) is 67.4 Å². The van der Waals surface area contributed by atoms with Gasteiger partial charge in [0, 0.05) is 11.6 Å². The predicted octanol–water partition coefficient (Wildman–Crippen LogP) is 4.50. The van der Waals surface area contributed by atoms with E-state index in [4.69, 9.17) is 4.74 Å². The second-order valence-electron chi connectivity index (χ2n) is 7.01. The third-order valence-corrected chi connectivity index (χ3v) is 4.11. The number of carbonyl (C=O) groups excluding carboxylic acids is 2. The average Bonchev–Trinajstić information content (AvgIpc) is 2.66. The van der Waals surface area contributed by atoms with E-state index >= 15 is 0 Å². The molecule has 144 valence electrons. The Hall–Kier alpha value is -2.82. The van der Waals surface area contributed by atoms with E-state index in [0.29, 0.717) is 29.3 Å². The minimum absolute atomic E-state index is 0.0691. The number of para-hydroxylation sites is 1. The Kier molecular flexibility index (Phi) is 7.41. The van der Waals surface area contributed by atoms with Crippen LogP contribution in [0.25, 0.3) is 0 Å². The van der Waals surface area contributed by atoms with E-state index in [2.05, 4.69) is 24.5 Å². The summed E-state index contributed by atoms with van der Waals surface area (Å²) in [5, 5.41) is 5.75. The molecule has 0 spiro atoms. The van der Waals surface area contributed by atoms with Crippen molar-refractivity contribution in [2.45, 2.75) is 40.2 Å². The first-order valence-corrected chi connectivity index (χ1v) is 9.34. The predicted molar refractivity (Wildman–Crippen MR) is 108 cm³/mol. The van der Waals surface area contributed by atoms with E-state index in [1.54, 1.807) is 48.5 Å². The SMILES string of the molecule is CCC(C)NC(=O)c1ccccc1NC(=O)c1ccc(OCC(C)C)cc1. The summed E-state index contributed by atoms with van der Waals surface area (Å²) < 4.78 is 5.63. The summed E-state index contributed by atoms with van der Waals surface area (Å²) in [5.41, 5.74) is 1.44. The van der Waals surface area contributed by atoms with Crippen LogP contribution in [-0.4, -0.2) is 24.5 Å². The standard InChI is InChI=1S/C22H28N2O3/c1-5-16(4)23-22(26)19-8-6-7-9-20(19)24-21(25)17-10-12-18(13-11-17)27-14-15(2)3/h6-13,15-16H,5,14H2,1-4H3,(H,23,26)(H,24,25). The zero-order valence-corrected chi connectivity index (χ0v) is 16.4. The lowest BCUT2D eigenvalue weighted by Crippen LogP contribution is -2.32. The molecule has 1 unspecified atom stereocenters. The van der Waals surface area contributed by atoms with Gasteiger partial charge in [0.2, 0.25) is 0 Å². The summed E-state index contributed by atoms with van der Waals surface area (Å²) in [7, 11) is 0. The Bertz CT molecular complexity index is 769. The Morgan fingerprint density at radius 1 is 0.963 bits per heavy atom. The van der Waals surface area contributed by atoms with Gasteiger partial charge in [0.1, 0.15) is 5.75 Å². The maximum atomic E-state index is 12.6. The molecule has 2 N–H and O–H groups in total. The fourth-order valence-electron chi connectivity index (χ4n) is 2.35. The highest BCUT2D eigenvalue weighted by Crippen LogP contribution is 2.18. The number of carbonyl (C=O) groups is 2. The van der Waals surface area contributed by atoms with Crippen LogP contribution in [-0.2, 0) is 0 Å². The first-order chi connectivity index (χ1) is 12.9. The minimum atomic E-state index is -0.269. The maximum Gasteiger partial charge on any atom is 0.255 e. The van der Waals surface area contributed by atoms with Crippen molar-refractivity contribution in [2.24, 2.45) is 5.92 Å². The molecule has 0 aliphatic carbocycles. The second kappa shape index (κ2) is 9.76. The first kappa shape index (κ1) is 20.5.